The Balaban J connectivity index is 2.52. The minimum Gasteiger partial charge on any atom is -0.478 e. The molecule has 3 heteroatoms. The summed E-state index contributed by atoms with van der Waals surface area (Å²) < 4.78 is 0. The number of aliphatic hydroxyl groups excluding tert-OH is 1. The van der Waals surface area contributed by atoms with Crippen molar-refractivity contribution in [1.29, 1.82) is 0 Å². The van der Waals surface area contributed by atoms with Crippen LogP contribution in [0, 0.1) is 0 Å². The van der Waals surface area contributed by atoms with Crippen molar-refractivity contribution in [3.05, 3.63) is 59.7 Å². The molecule has 0 saturated heterocycles. The molecular weight excluding hydrogens is 216 g/mol. The fourth-order valence-corrected chi connectivity index (χ4v) is 1.76. The molecule has 0 amide bonds. The summed E-state index contributed by atoms with van der Waals surface area (Å²) in [5.74, 6) is -0.951. The van der Waals surface area contributed by atoms with E-state index in [-0.39, 0.29) is 12.2 Å². The maximum absolute atomic E-state index is 10.9. The van der Waals surface area contributed by atoms with Gasteiger partial charge in [0.1, 0.15) is 0 Å². The average molecular weight is 228 g/mol. The monoisotopic (exact) mass is 228 g/mol. The maximum Gasteiger partial charge on any atom is 0.335 e. The lowest BCUT2D eigenvalue weighted by Gasteiger charge is -2.07. The van der Waals surface area contributed by atoms with Crippen LogP contribution >= 0.6 is 0 Å². The van der Waals surface area contributed by atoms with E-state index in [4.69, 9.17) is 5.11 Å². The van der Waals surface area contributed by atoms with Crippen LogP contribution in [0.4, 0.5) is 0 Å². The first-order valence-corrected chi connectivity index (χ1v) is 5.25. The zero-order valence-corrected chi connectivity index (χ0v) is 9.13. The number of aromatic carboxylic acids is 1. The van der Waals surface area contributed by atoms with Crippen molar-refractivity contribution in [3.63, 3.8) is 0 Å². The molecule has 0 fully saturated rings. The molecule has 0 bridgehead atoms. The van der Waals surface area contributed by atoms with Gasteiger partial charge in [-0.05, 0) is 28.8 Å². The van der Waals surface area contributed by atoms with Crippen LogP contribution in [0.2, 0.25) is 0 Å². The molecule has 17 heavy (non-hydrogen) atoms. The number of hydrogen-bond donors (Lipinski definition) is 2. The molecule has 0 aliphatic heterocycles. The Morgan fingerprint density at radius 3 is 2.53 bits per heavy atom. The van der Waals surface area contributed by atoms with Gasteiger partial charge in [0.05, 0.1) is 12.2 Å². The molecule has 0 radical (unpaired) electrons. The van der Waals surface area contributed by atoms with Crippen molar-refractivity contribution >= 4 is 5.97 Å². The third-order valence-electron chi connectivity index (χ3n) is 2.61. The Morgan fingerprint density at radius 2 is 1.82 bits per heavy atom. The molecule has 2 rings (SSSR count). The lowest BCUT2D eigenvalue weighted by Crippen LogP contribution is -1.96. The summed E-state index contributed by atoms with van der Waals surface area (Å²) in [5.41, 5.74) is 2.69. The lowest BCUT2D eigenvalue weighted by atomic mass is 9.98. The molecule has 3 nitrogen and oxygen atoms in total. The molecule has 0 unspecified atom stereocenters. The van der Waals surface area contributed by atoms with Gasteiger partial charge < -0.3 is 10.2 Å². The Hall–Kier alpha value is -2.13. The van der Waals surface area contributed by atoms with E-state index in [9.17, 15) is 9.90 Å². The van der Waals surface area contributed by atoms with Crippen LogP contribution in [0.25, 0.3) is 11.1 Å². The largest absolute Gasteiger partial charge is 0.478 e. The first-order valence-electron chi connectivity index (χ1n) is 5.25. The number of aliphatic hydroxyl groups is 1. The lowest BCUT2D eigenvalue weighted by molar-refractivity contribution is 0.0697. The molecule has 0 aliphatic carbocycles. The molecule has 0 atom stereocenters. The second-order valence-corrected chi connectivity index (χ2v) is 3.70. The molecule has 2 N–H and O–H groups in total. The van der Waals surface area contributed by atoms with E-state index in [2.05, 4.69) is 0 Å². The first-order chi connectivity index (χ1) is 8.22. The van der Waals surface area contributed by atoms with E-state index in [0.717, 1.165) is 16.7 Å². The number of carboxylic acid groups (broad SMARTS) is 1. The quantitative estimate of drug-likeness (QED) is 0.848. The van der Waals surface area contributed by atoms with Crippen LogP contribution in [-0.4, -0.2) is 16.2 Å². The molecule has 2 aromatic carbocycles. The first kappa shape index (κ1) is 11.4. The van der Waals surface area contributed by atoms with E-state index in [1.165, 1.54) is 0 Å². The standard InChI is InChI=1S/C14H12O3/c15-9-12-4-1-2-7-13(12)10-5-3-6-11(8-10)14(16)17/h1-8,15H,9H2,(H,16,17). The van der Waals surface area contributed by atoms with Crippen molar-refractivity contribution in [2.75, 3.05) is 0 Å². The van der Waals surface area contributed by atoms with Gasteiger partial charge in [-0.25, -0.2) is 4.79 Å². The second kappa shape index (κ2) is 4.80. The predicted octanol–water partition coefficient (Wildman–Crippen LogP) is 2.54. The predicted molar refractivity (Wildman–Crippen MR) is 64.8 cm³/mol. The Labute approximate surface area is 99.0 Å². The molecule has 86 valence electrons. The van der Waals surface area contributed by atoms with Crippen LogP contribution in [0.3, 0.4) is 0 Å². The van der Waals surface area contributed by atoms with E-state index in [1.54, 1.807) is 18.2 Å². The van der Waals surface area contributed by atoms with Crippen molar-refractivity contribution < 1.29 is 15.0 Å². The van der Waals surface area contributed by atoms with E-state index < -0.39 is 5.97 Å². The summed E-state index contributed by atoms with van der Waals surface area (Å²) in [6.07, 6.45) is 0. The van der Waals surface area contributed by atoms with Crippen LogP contribution in [0.1, 0.15) is 15.9 Å². The number of carboxylic acids is 1. The summed E-state index contributed by atoms with van der Waals surface area (Å²) >= 11 is 0. The molecule has 0 aliphatic rings. The molecule has 2 aromatic rings. The highest BCUT2D eigenvalue weighted by Crippen LogP contribution is 2.24. The van der Waals surface area contributed by atoms with Crippen LogP contribution in [0.5, 0.6) is 0 Å². The Morgan fingerprint density at radius 1 is 1.06 bits per heavy atom. The summed E-state index contributed by atoms with van der Waals surface area (Å²) in [4.78, 5) is 10.9. The van der Waals surface area contributed by atoms with Gasteiger partial charge in [-0.1, -0.05) is 36.4 Å². The van der Waals surface area contributed by atoms with Crippen molar-refractivity contribution in [1.82, 2.24) is 0 Å². The molecule has 0 saturated carbocycles. The van der Waals surface area contributed by atoms with Crippen molar-refractivity contribution in [3.8, 4) is 11.1 Å². The molecule has 0 aromatic heterocycles. The van der Waals surface area contributed by atoms with Gasteiger partial charge in [0.15, 0.2) is 0 Å². The highest BCUT2D eigenvalue weighted by atomic mass is 16.4. The summed E-state index contributed by atoms with van der Waals surface area (Å²) in [6.45, 7) is -0.0620. The number of rotatable bonds is 3. The summed E-state index contributed by atoms with van der Waals surface area (Å²) in [6, 6.07) is 14.1. The van der Waals surface area contributed by atoms with Crippen molar-refractivity contribution in [2.24, 2.45) is 0 Å². The van der Waals surface area contributed by atoms with Crippen LogP contribution in [-0.2, 0) is 6.61 Å². The second-order valence-electron chi connectivity index (χ2n) is 3.70. The number of benzene rings is 2. The summed E-state index contributed by atoms with van der Waals surface area (Å²) in [5, 5.41) is 18.2. The van der Waals surface area contributed by atoms with E-state index in [0.29, 0.717) is 0 Å². The topological polar surface area (TPSA) is 57.5 Å². The van der Waals surface area contributed by atoms with Gasteiger partial charge in [0.2, 0.25) is 0 Å². The summed E-state index contributed by atoms with van der Waals surface area (Å²) in [7, 11) is 0. The van der Waals surface area contributed by atoms with Gasteiger partial charge in [-0.15, -0.1) is 0 Å². The van der Waals surface area contributed by atoms with Gasteiger partial charge in [0, 0.05) is 0 Å². The van der Waals surface area contributed by atoms with Crippen molar-refractivity contribution in [2.45, 2.75) is 6.61 Å². The molecule has 0 heterocycles. The molecule has 0 spiro atoms. The Bertz CT molecular complexity index is 547. The van der Waals surface area contributed by atoms with Crippen LogP contribution in [0.15, 0.2) is 48.5 Å². The average Bonchev–Trinajstić information content (AvgIpc) is 2.39. The fraction of sp³-hybridized carbons (Fsp3) is 0.0714. The zero-order valence-electron chi connectivity index (χ0n) is 9.13. The SMILES string of the molecule is O=C(O)c1cccc(-c2ccccc2CO)c1. The highest BCUT2D eigenvalue weighted by molar-refractivity contribution is 5.89. The third-order valence-corrected chi connectivity index (χ3v) is 2.61. The normalized spacial score (nSPS) is 10.2. The highest BCUT2D eigenvalue weighted by Gasteiger charge is 2.07. The van der Waals surface area contributed by atoms with E-state index >= 15 is 0 Å². The van der Waals surface area contributed by atoms with Gasteiger partial charge in [-0.2, -0.15) is 0 Å². The van der Waals surface area contributed by atoms with E-state index in [1.807, 2.05) is 30.3 Å². The zero-order chi connectivity index (χ0) is 12.3. The third kappa shape index (κ3) is 2.34. The van der Waals surface area contributed by atoms with Crippen LogP contribution < -0.4 is 0 Å². The maximum atomic E-state index is 10.9. The smallest absolute Gasteiger partial charge is 0.335 e. The minimum atomic E-state index is -0.951. The number of hydrogen-bond acceptors (Lipinski definition) is 2. The minimum absolute atomic E-state index is 0.0620. The Kier molecular flexibility index (Phi) is 3.21. The fourth-order valence-electron chi connectivity index (χ4n) is 1.76. The number of carbonyl (C=O) groups is 1. The van der Waals surface area contributed by atoms with Gasteiger partial charge in [0.25, 0.3) is 0 Å². The molecular formula is C14H12O3. The van der Waals surface area contributed by atoms with Gasteiger partial charge >= 0.3 is 5.97 Å². The van der Waals surface area contributed by atoms with Gasteiger partial charge in [-0.3, -0.25) is 0 Å².